The molecule has 3 N–H and O–H groups in total. The van der Waals surface area contributed by atoms with E-state index in [9.17, 15) is 14.7 Å². The molecule has 1 aliphatic carbocycles. The van der Waals surface area contributed by atoms with Gasteiger partial charge >= 0.3 is 0 Å². The lowest BCUT2D eigenvalue weighted by molar-refractivity contribution is -0.318. The monoisotopic (exact) mass is 583 g/mol. The SMILES string of the molecule is CC[C@]1(NC(=O)[C@@H]2CC3c4cccc5[nH]cc(c45)C[C@H]3N(C)C2)CN2[C@@H](Cc3ccccc3)C(=O)N3CCC[C@H]3C2(O)O1. The maximum Gasteiger partial charge on any atom is 0.252 e. The first-order valence-corrected chi connectivity index (χ1v) is 15.9. The largest absolute Gasteiger partial charge is 0.361 e. The van der Waals surface area contributed by atoms with Gasteiger partial charge in [0, 0.05) is 42.1 Å². The molecule has 9 heteroatoms. The molecule has 3 aromatic rings. The van der Waals surface area contributed by atoms with E-state index in [1.807, 2.05) is 47.1 Å². The number of piperazine rings is 1. The molecule has 0 radical (unpaired) electrons. The number of likely N-dealkylation sites (N-methyl/N-ethyl adjacent to an activating group) is 1. The van der Waals surface area contributed by atoms with Crippen LogP contribution in [0.5, 0.6) is 0 Å². The second-order valence-electron chi connectivity index (χ2n) is 13.5. The third-order valence-electron chi connectivity index (χ3n) is 11.1. The van der Waals surface area contributed by atoms with Crippen molar-refractivity contribution >= 4 is 22.7 Å². The summed E-state index contributed by atoms with van der Waals surface area (Å²) in [7, 11) is 2.13. The van der Waals surface area contributed by atoms with E-state index in [2.05, 4.69) is 46.6 Å². The number of ether oxygens (including phenoxy) is 1. The summed E-state index contributed by atoms with van der Waals surface area (Å²) in [6, 6.07) is 15.7. The summed E-state index contributed by atoms with van der Waals surface area (Å²) in [5.41, 5.74) is 3.79. The zero-order valence-corrected chi connectivity index (χ0v) is 25.0. The van der Waals surface area contributed by atoms with Crippen molar-refractivity contribution in [2.75, 3.05) is 26.7 Å². The van der Waals surface area contributed by atoms with Gasteiger partial charge in [-0.2, -0.15) is 0 Å². The number of nitrogens with one attached hydrogen (secondary N) is 2. The smallest absolute Gasteiger partial charge is 0.252 e. The van der Waals surface area contributed by atoms with E-state index >= 15 is 0 Å². The van der Waals surface area contributed by atoms with Crippen molar-refractivity contribution in [1.82, 2.24) is 25.0 Å². The summed E-state index contributed by atoms with van der Waals surface area (Å²) in [5, 5.41) is 16.9. The van der Waals surface area contributed by atoms with Crippen LogP contribution in [0.1, 0.15) is 55.2 Å². The van der Waals surface area contributed by atoms with Crippen LogP contribution in [0.4, 0.5) is 0 Å². The van der Waals surface area contributed by atoms with Gasteiger partial charge < -0.3 is 29.9 Å². The van der Waals surface area contributed by atoms with Crippen LogP contribution >= 0.6 is 0 Å². The lowest BCUT2D eigenvalue weighted by Gasteiger charge is -2.49. The van der Waals surface area contributed by atoms with Crippen molar-refractivity contribution in [3.8, 4) is 0 Å². The Kier molecular flexibility index (Phi) is 6.28. The minimum absolute atomic E-state index is 0.0356. The molecule has 1 aromatic heterocycles. The molecule has 5 heterocycles. The van der Waals surface area contributed by atoms with Gasteiger partial charge in [0.2, 0.25) is 11.8 Å². The highest BCUT2D eigenvalue weighted by Crippen LogP contribution is 2.47. The number of rotatable bonds is 5. The molecule has 0 bridgehead atoms. The van der Waals surface area contributed by atoms with E-state index in [0.717, 1.165) is 30.3 Å². The quantitative estimate of drug-likeness (QED) is 0.427. The Bertz CT molecular complexity index is 1580. The minimum atomic E-state index is -1.65. The van der Waals surface area contributed by atoms with Crippen molar-refractivity contribution in [2.24, 2.45) is 5.92 Å². The van der Waals surface area contributed by atoms with Crippen LogP contribution in [0.25, 0.3) is 10.9 Å². The summed E-state index contributed by atoms with van der Waals surface area (Å²) in [5.74, 6) is -1.61. The van der Waals surface area contributed by atoms with Gasteiger partial charge in [0.15, 0.2) is 5.72 Å². The fraction of sp³-hybridized carbons (Fsp3) is 0.529. The summed E-state index contributed by atoms with van der Waals surface area (Å²) in [6.45, 7) is 3.54. The van der Waals surface area contributed by atoms with Gasteiger partial charge in [-0.3, -0.25) is 9.59 Å². The predicted molar refractivity (Wildman–Crippen MR) is 162 cm³/mol. The van der Waals surface area contributed by atoms with Gasteiger partial charge in [0.05, 0.1) is 18.5 Å². The van der Waals surface area contributed by atoms with Crippen LogP contribution in [-0.4, -0.2) is 93.0 Å². The number of benzene rings is 2. The average molecular weight is 584 g/mol. The fourth-order valence-corrected chi connectivity index (χ4v) is 8.94. The van der Waals surface area contributed by atoms with Crippen molar-refractivity contribution in [3.63, 3.8) is 0 Å². The number of amides is 2. The maximum atomic E-state index is 14.1. The van der Waals surface area contributed by atoms with Crippen LogP contribution in [0, 0.1) is 5.92 Å². The average Bonchev–Trinajstić information content (AvgIpc) is 3.74. The topological polar surface area (TPSA) is 101 Å². The van der Waals surface area contributed by atoms with Crippen molar-refractivity contribution < 1.29 is 19.4 Å². The molecular weight excluding hydrogens is 542 g/mol. The van der Waals surface area contributed by atoms with E-state index in [0.29, 0.717) is 38.4 Å². The third kappa shape index (κ3) is 4.12. The van der Waals surface area contributed by atoms with E-state index in [1.54, 1.807) is 0 Å². The molecule has 4 saturated heterocycles. The molecule has 4 aliphatic heterocycles. The van der Waals surface area contributed by atoms with Gasteiger partial charge in [-0.25, -0.2) is 4.90 Å². The molecule has 43 heavy (non-hydrogen) atoms. The Labute approximate surface area is 252 Å². The highest BCUT2D eigenvalue weighted by Gasteiger charge is 2.66. The van der Waals surface area contributed by atoms with Crippen LogP contribution in [-0.2, 0) is 27.2 Å². The number of aromatic nitrogens is 1. The number of hydrogen-bond acceptors (Lipinski definition) is 6. The number of aliphatic hydroxyl groups is 1. The molecule has 8 rings (SSSR count). The van der Waals surface area contributed by atoms with Gasteiger partial charge in [-0.05, 0) is 68.3 Å². The number of H-pyrrole nitrogens is 1. The van der Waals surface area contributed by atoms with Crippen LogP contribution < -0.4 is 5.32 Å². The molecule has 9 nitrogen and oxygen atoms in total. The number of fused-ring (bicyclic) bond motifs is 5. The Morgan fingerprint density at radius 1 is 1.19 bits per heavy atom. The first-order chi connectivity index (χ1) is 20.8. The minimum Gasteiger partial charge on any atom is -0.361 e. The molecule has 2 unspecified atom stereocenters. The molecule has 7 atom stereocenters. The highest BCUT2D eigenvalue weighted by atomic mass is 16.7. The number of carbonyl (C=O) groups excluding carboxylic acids is 2. The van der Waals surface area contributed by atoms with Crippen LogP contribution in [0.15, 0.2) is 54.7 Å². The second-order valence-corrected chi connectivity index (χ2v) is 13.5. The van der Waals surface area contributed by atoms with Gasteiger partial charge in [-0.1, -0.05) is 49.4 Å². The number of aromatic amines is 1. The summed E-state index contributed by atoms with van der Waals surface area (Å²) in [4.78, 5) is 37.4. The zero-order chi connectivity index (χ0) is 29.5. The number of carbonyl (C=O) groups is 2. The molecule has 4 fully saturated rings. The van der Waals surface area contributed by atoms with E-state index in [-0.39, 0.29) is 30.2 Å². The first kappa shape index (κ1) is 27.3. The number of nitrogens with zero attached hydrogens (tertiary/aromatic N) is 3. The van der Waals surface area contributed by atoms with Gasteiger partial charge in [0.25, 0.3) is 5.91 Å². The van der Waals surface area contributed by atoms with Crippen molar-refractivity contribution in [1.29, 1.82) is 0 Å². The number of piperidine rings is 1. The van der Waals surface area contributed by atoms with E-state index in [4.69, 9.17) is 4.74 Å². The molecular formula is C34H41N5O4. The predicted octanol–water partition coefficient (Wildman–Crippen LogP) is 2.94. The lowest BCUT2D eigenvalue weighted by atomic mass is 9.72. The van der Waals surface area contributed by atoms with Gasteiger partial charge in [0.1, 0.15) is 6.04 Å². The number of likely N-dealkylation sites (tertiary alicyclic amines) is 1. The van der Waals surface area contributed by atoms with Gasteiger partial charge in [-0.15, -0.1) is 0 Å². The third-order valence-corrected chi connectivity index (χ3v) is 11.1. The second kappa shape index (κ2) is 9.89. The molecule has 0 saturated carbocycles. The molecule has 5 aliphatic rings. The molecule has 2 amide bonds. The van der Waals surface area contributed by atoms with Crippen molar-refractivity contribution in [2.45, 2.75) is 81.1 Å². The van der Waals surface area contributed by atoms with E-state index in [1.165, 1.54) is 16.5 Å². The Morgan fingerprint density at radius 2 is 2.02 bits per heavy atom. The lowest BCUT2D eigenvalue weighted by Crippen LogP contribution is -2.70. The zero-order valence-electron chi connectivity index (χ0n) is 25.0. The highest BCUT2D eigenvalue weighted by molar-refractivity contribution is 5.89. The normalized spacial score (nSPS) is 35.6. The van der Waals surface area contributed by atoms with Crippen LogP contribution in [0.3, 0.4) is 0 Å². The Balaban J connectivity index is 1.07. The Hall–Kier alpha value is -3.24. The molecule has 226 valence electrons. The Morgan fingerprint density at radius 3 is 2.84 bits per heavy atom. The molecule has 0 spiro atoms. The standard InChI is InChI=1S/C34H41N5O4/c1-3-33(20-39-28(15-21-9-5-4-6-10-21)32(41)38-14-8-13-29(38)34(39,42)43-33)36-31(40)23-16-25-24-11-7-12-26-30(24)22(18-35-26)17-27(25)37(2)19-23/h4-7,9-12,18,23,25,27-29,35,42H,3,8,13-17,19-20H2,1-2H3,(H,36,40)/t23-,25?,27-,28+,29+,33-,34?/m1/s1. The number of hydrogen-bond donors (Lipinski definition) is 3. The van der Waals surface area contributed by atoms with E-state index < -0.39 is 23.7 Å². The molecule has 2 aromatic carbocycles. The van der Waals surface area contributed by atoms with Crippen molar-refractivity contribution in [3.05, 3.63) is 71.4 Å². The first-order valence-electron chi connectivity index (χ1n) is 15.9. The maximum absolute atomic E-state index is 14.1. The fourth-order valence-electron chi connectivity index (χ4n) is 8.94. The summed E-state index contributed by atoms with van der Waals surface area (Å²) < 4.78 is 6.64. The summed E-state index contributed by atoms with van der Waals surface area (Å²) in [6.07, 6.45) is 6.34. The van der Waals surface area contributed by atoms with Crippen LogP contribution in [0.2, 0.25) is 0 Å². The summed E-state index contributed by atoms with van der Waals surface area (Å²) >= 11 is 0.